The van der Waals surface area contributed by atoms with Gasteiger partial charge in [0.15, 0.2) is 0 Å². The smallest absolute Gasteiger partial charge is 0.266 e. The molecular weight excluding hydrogens is 524 g/mol. The van der Waals surface area contributed by atoms with Crippen LogP contribution >= 0.6 is 0 Å². The Balaban J connectivity index is 1.16. The predicted octanol–water partition coefficient (Wildman–Crippen LogP) is 7.02. The van der Waals surface area contributed by atoms with E-state index in [4.69, 9.17) is 9.97 Å². The monoisotopic (exact) mass is 546 g/mol. The van der Waals surface area contributed by atoms with Crippen LogP contribution in [0.5, 0.6) is 0 Å². The minimum absolute atomic E-state index is 0.333. The average Bonchev–Trinajstić information content (AvgIpc) is 3.30. The van der Waals surface area contributed by atoms with E-state index in [1.54, 1.807) is 60.7 Å². The van der Waals surface area contributed by atoms with Gasteiger partial charge in [-0.2, -0.15) is 0 Å². The number of benzene rings is 5. The van der Waals surface area contributed by atoms with Crippen LogP contribution in [0, 0.1) is 0 Å². The number of fused-ring (bicyclic) bond motifs is 2. The summed E-state index contributed by atoms with van der Waals surface area (Å²) in [4.78, 5) is 49.8. The van der Waals surface area contributed by atoms with Gasteiger partial charge in [-0.3, -0.25) is 14.4 Å². The van der Waals surface area contributed by atoms with E-state index in [9.17, 15) is 14.4 Å². The summed E-state index contributed by atoms with van der Waals surface area (Å²) in [5, 5.41) is 2.92. The third-order valence-electron chi connectivity index (χ3n) is 7.20. The number of imide groups is 1. The molecule has 0 radical (unpaired) electrons. The fraction of sp³-hybridized carbons (Fsp3) is 0. The predicted molar refractivity (Wildman–Crippen MR) is 162 cm³/mol. The van der Waals surface area contributed by atoms with Gasteiger partial charge in [0.2, 0.25) is 0 Å². The fourth-order valence-electron chi connectivity index (χ4n) is 5.12. The van der Waals surface area contributed by atoms with Crippen LogP contribution in [-0.2, 0) is 0 Å². The van der Waals surface area contributed by atoms with Crippen LogP contribution in [0.3, 0.4) is 0 Å². The molecule has 42 heavy (non-hydrogen) atoms. The van der Waals surface area contributed by atoms with Crippen LogP contribution in [0.4, 0.5) is 11.4 Å². The van der Waals surface area contributed by atoms with E-state index >= 15 is 0 Å². The maximum atomic E-state index is 13.1. The van der Waals surface area contributed by atoms with E-state index in [1.165, 1.54) is 0 Å². The third-order valence-corrected chi connectivity index (χ3v) is 7.20. The summed E-state index contributed by atoms with van der Waals surface area (Å²) in [6.45, 7) is 0. The molecule has 0 fully saturated rings. The minimum atomic E-state index is -0.379. The van der Waals surface area contributed by atoms with Crippen LogP contribution in [0.2, 0.25) is 0 Å². The second-order valence-electron chi connectivity index (χ2n) is 9.85. The van der Waals surface area contributed by atoms with Gasteiger partial charge in [0.1, 0.15) is 0 Å². The molecule has 2 heterocycles. The van der Waals surface area contributed by atoms with Gasteiger partial charge in [-0.1, -0.05) is 72.8 Å². The number of aromatic nitrogens is 2. The number of nitrogens with zero attached hydrogens (tertiary/aromatic N) is 3. The van der Waals surface area contributed by atoms with Crippen molar-refractivity contribution in [3.05, 3.63) is 144 Å². The molecule has 0 aliphatic carbocycles. The number of hydrogen-bond acceptors (Lipinski definition) is 5. The molecule has 1 aliphatic heterocycles. The van der Waals surface area contributed by atoms with E-state index in [-0.39, 0.29) is 17.7 Å². The van der Waals surface area contributed by atoms with Crippen molar-refractivity contribution >= 4 is 40.1 Å². The zero-order valence-electron chi connectivity index (χ0n) is 22.2. The largest absolute Gasteiger partial charge is 0.322 e. The first kappa shape index (κ1) is 25.0. The molecule has 200 valence electrons. The second kappa shape index (κ2) is 10.2. The van der Waals surface area contributed by atoms with Gasteiger partial charge in [0.05, 0.1) is 39.2 Å². The standard InChI is InChI=1S/C35H22N4O3/c40-33(24-15-18-26(19-16-24)39-34(41)27-13-7-8-14-28(27)35(39)42)36-25-17-20-29-30(21-25)38-32(23-11-5-2-6-12-23)31(37-29)22-9-3-1-4-10-22/h1-21H,(H,36,40). The van der Waals surface area contributed by atoms with Crippen LogP contribution in [0.25, 0.3) is 33.5 Å². The Morgan fingerprint density at radius 2 is 1.10 bits per heavy atom. The van der Waals surface area contributed by atoms with Gasteiger partial charge >= 0.3 is 0 Å². The maximum Gasteiger partial charge on any atom is 0.266 e. The zero-order chi connectivity index (χ0) is 28.6. The summed E-state index contributed by atoms with van der Waals surface area (Å²) in [6.07, 6.45) is 0. The molecule has 7 rings (SSSR count). The topological polar surface area (TPSA) is 92.3 Å². The average molecular weight is 547 g/mol. The Kier molecular flexibility index (Phi) is 6.10. The van der Waals surface area contributed by atoms with Crippen LogP contribution in [0.1, 0.15) is 31.1 Å². The molecule has 0 bridgehead atoms. The first-order valence-corrected chi connectivity index (χ1v) is 13.4. The number of carbonyl (C=O) groups excluding carboxylic acids is 3. The summed E-state index contributed by atoms with van der Waals surface area (Å²) in [5.74, 6) is -1.09. The molecule has 7 nitrogen and oxygen atoms in total. The highest BCUT2D eigenvalue weighted by Crippen LogP contribution is 2.32. The fourth-order valence-corrected chi connectivity index (χ4v) is 5.12. The van der Waals surface area contributed by atoms with Crippen LogP contribution in [-0.4, -0.2) is 27.7 Å². The lowest BCUT2D eigenvalue weighted by atomic mass is 10.0. The molecule has 6 aromatic rings. The molecule has 0 spiro atoms. The SMILES string of the molecule is O=C(Nc1ccc2nc(-c3ccccc3)c(-c3ccccc3)nc2c1)c1ccc(N2C(=O)c3ccccc3C2=O)cc1. The van der Waals surface area contributed by atoms with Crippen molar-refractivity contribution in [3.8, 4) is 22.5 Å². The number of rotatable bonds is 5. The Morgan fingerprint density at radius 3 is 1.67 bits per heavy atom. The number of anilines is 2. The second-order valence-corrected chi connectivity index (χ2v) is 9.85. The molecule has 0 saturated carbocycles. The van der Waals surface area contributed by atoms with Gasteiger partial charge < -0.3 is 5.32 Å². The summed E-state index contributed by atoms with van der Waals surface area (Å²) in [6, 6.07) is 38.3. The van der Waals surface area contributed by atoms with Crippen molar-refractivity contribution < 1.29 is 14.4 Å². The van der Waals surface area contributed by atoms with E-state index < -0.39 is 0 Å². The summed E-state index contributed by atoms with van der Waals surface area (Å²) in [5.41, 5.74) is 6.89. The highest BCUT2D eigenvalue weighted by Gasteiger charge is 2.36. The molecule has 1 N–H and O–H groups in total. The van der Waals surface area contributed by atoms with E-state index in [2.05, 4.69) is 5.32 Å². The first-order chi connectivity index (χ1) is 20.6. The molecular formula is C35H22N4O3. The zero-order valence-corrected chi connectivity index (χ0v) is 22.2. The van der Waals surface area contributed by atoms with Crippen molar-refractivity contribution in [2.24, 2.45) is 0 Å². The van der Waals surface area contributed by atoms with Crippen molar-refractivity contribution in [3.63, 3.8) is 0 Å². The lowest BCUT2D eigenvalue weighted by molar-refractivity contribution is 0.0925. The number of amides is 3. The van der Waals surface area contributed by atoms with Crippen LogP contribution < -0.4 is 10.2 Å². The van der Waals surface area contributed by atoms with Crippen molar-refractivity contribution in [2.75, 3.05) is 10.2 Å². The highest BCUT2D eigenvalue weighted by atomic mass is 16.2. The number of carbonyl (C=O) groups is 3. The van der Waals surface area contributed by atoms with Crippen molar-refractivity contribution in [1.82, 2.24) is 9.97 Å². The van der Waals surface area contributed by atoms with Gasteiger partial charge in [0.25, 0.3) is 17.7 Å². The number of nitrogens with one attached hydrogen (secondary N) is 1. The lowest BCUT2D eigenvalue weighted by Gasteiger charge is -2.14. The Morgan fingerprint density at radius 1 is 0.571 bits per heavy atom. The molecule has 0 unspecified atom stereocenters. The number of hydrogen-bond donors (Lipinski definition) is 1. The molecule has 1 aliphatic rings. The Hall–Kier alpha value is -5.95. The Labute approximate surface area is 241 Å². The minimum Gasteiger partial charge on any atom is -0.322 e. The lowest BCUT2D eigenvalue weighted by Crippen LogP contribution is -2.29. The van der Waals surface area contributed by atoms with E-state index in [1.807, 2.05) is 66.7 Å². The normalized spacial score (nSPS) is 12.4. The molecule has 7 heteroatoms. The summed E-state index contributed by atoms with van der Waals surface area (Å²) < 4.78 is 0. The molecule has 3 amide bonds. The van der Waals surface area contributed by atoms with Gasteiger partial charge in [-0.05, 0) is 54.6 Å². The maximum absolute atomic E-state index is 13.1. The summed E-state index contributed by atoms with van der Waals surface area (Å²) >= 11 is 0. The van der Waals surface area contributed by atoms with E-state index in [0.717, 1.165) is 27.4 Å². The third kappa shape index (κ3) is 4.39. The molecule has 0 saturated heterocycles. The van der Waals surface area contributed by atoms with Gasteiger partial charge in [0, 0.05) is 22.4 Å². The first-order valence-electron chi connectivity index (χ1n) is 13.4. The molecule has 0 atom stereocenters. The van der Waals surface area contributed by atoms with E-state index in [0.29, 0.717) is 39.1 Å². The van der Waals surface area contributed by atoms with Crippen molar-refractivity contribution in [2.45, 2.75) is 0 Å². The van der Waals surface area contributed by atoms with Crippen molar-refractivity contribution in [1.29, 1.82) is 0 Å². The highest BCUT2D eigenvalue weighted by molar-refractivity contribution is 6.34. The molecule has 1 aromatic heterocycles. The quantitative estimate of drug-likeness (QED) is 0.235. The molecule has 5 aromatic carbocycles. The Bertz CT molecular complexity index is 1970. The summed E-state index contributed by atoms with van der Waals surface area (Å²) in [7, 11) is 0. The van der Waals surface area contributed by atoms with Gasteiger partial charge in [-0.25, -0.2) is 14.9 Å². The van der Waals surface area contributed by atoms with Gasteiger partial charge in [-0.15, -0.1) is 0 Å². The van der Waals surface area contributed by atoms with Crippen LogP contribution in [0.15, 0.2) is 127 Å².